The number of rotatable bonds is 6. The Balaban J connectivity index is 0.000000157. The van der Waals surface area contributed by atoms with Crippen molar-refractivity contribution < 1.29 is 19.0 Å². The molecule has 0 saturated carbocycles. The molecule has 6 saturated heterocycles. The molecule has 8 atom stereocenters. The number of fused-ring (bicyclic) bond motifs is 6. The molecule has 1 amide bonds. The maximum Gasteiger partial charge on any atom is 0.407 e. The third-order valence-electron chi connectivity index (χ3n) is 13.5. The standard InChI is InChI=1S/C22H31BrN6O4.C19H26BrN5O2/c1-22(2,3)33-21(31)24-13-11-12-8-9-14(13)28(12)20-25-18-16(19(30)27(20)4)17(23)26-29(18)15-7-5-6-10-32-15;1-3-11-10-12-7-8-13(11)24(12)19-21-17-15(18(26)23(19)2)16(20)22-25(17)14-6-4-5-9-27-14/h12-15H,5-11H2,1-4H3,(H,24,31);11-14H,3-10H2,1-2H3/t12-,13+,14+,15?;11-,12+,13-,14?/m01/s1. The van der Waals surface area contributed by atoms with Crippen LogP contribution in [0, 0.1) is 5.92 Å². The highest BCUT2D eigenvalue weighted by Gasteiger charge is 2.49. The molecule has 0 aromatic carbocycles. The van der Waals surface area contributed by atoms with E-state index in [1.54, 1.807) is 20.9 Å². The highest BCUT2D eigenvalue weighted by Crippen LogP contribution is 2.45. The number of carbonyl (C=O) groups is 1. The number of nitrogens with zero attached hydrogens (tertiary/aromatic N) is 10. The Morgan fingerprint density at radius 3 is 1.72 bits per heavy atom. The summed E-state index contributed by atoms with van der Waals surface area (Å²) in [6, 6.07) is 1.21. The number of halogens is 2. The molecular weight excluding hydrogens is 902 g/mol. The number of carbonyl (C=O) groups excluding carboxylic acids is 1. The van der Waals surface area contributed by atoms with Crippen LogP contribution in [0.1, 0.15) is 124 Å². The molecule has 10 rings (SSSR count). The number of ether oxygens (including phenoxy) is 3. The van der Waals surface area contributed by atoms with Crippen molar-refractivity contribution in [2.75, 3.05) is 23.0 Å². The lowest BCUT2D eigenvalue weighted by Crippen LogP contribution is -2.46. The van der Waals surface area contributed by atoms with Crippen LogP contribution in [0.5, 0.6) is 0 Å². The van der Waals surface area contributed by atoms with Gasteiger partial charge in [-0.25, -0.2) is 14.2 Å². The van der Waals surface area contributed by atoms with Crippen molar-refractivity contribution in [2.24, 2.45) is 20.0 Å². The summed E-state index contributed by atoms with van der Waals surface area (Å²) < 4.78 is 25.2. The number of alkyl carbamates (subject to hydrolysis) is 1. The largest absolute Gasteiger partial charge is 0.444 e. The molecule has 17 nitrogen and oxygen atoms in total. The number of anilines is 2. The summed E-state index contributed by atoms with van der Waals surface area (Å²) in [5, 5.41) is 13.2. The molecule has 326 valence electrons. The zero-order valence-electron chi connectivity index (χ0n) is 35.4. The zero-order chi connectivity index (χ0) is 42.2. The normalized spacial score (nSPS) is 28.8. The maximum absolute atomic E-state index is 13.4. The number of hydrogen-bond donors (Lipinski definition) is 1. The van der Waals surface area contributed by atoms with Crippen molar-refractivity contribution in [3.63, 3.8) is 0 Å². The molecule has 6 aliphatic rings. The minimum atomic E-state index is -0.551. The van der Waals surface area contributed by atoms with Crippen LogP contribution in [-0.4, -0.2) is 93.8 Å². The molecule has 1 N–H and O–H groups in total. The van der Waals surface area contributed by atoms with Gasteiger partial charge in [-0.1, -0.05) is 13.3 Å². The van der Waals surface area contributed by atoms with Crippen LogP contribution in [0.2, 0.25) is 0 Å². The van der Waals surface area contributed by atoms with Gasteiger partial charge in [-0.2, -0.15) is 20.2 Å². The third kappa shape index (κ3) is 7.35. The second-order valence-electron chi connectivity index (χ2n) is 18.4. The van der Waals surface area contributed by atoms with E-state index >= 15 is 0 Å². The SMILES string of the molecule is CC[C@@H]1C[C@@H]2CC[C@H]1N2c1nc2c(c(Br)nn2C2CCCCO2)c(=O)n1C.Cn1c(N2[C@H]3CC[C@@H]2[C@H](NC(=O)OC(C)(C)C)C3)nc2c(c(Br)nn2C2CCCCO2)c1=O. The van der Waals surface area contributed by atoms with E-state index in [2.05, 4.69) is 64.1 Å². The molecule has 4 aromatic rings. The lowest BCUT2D eigenvalue weighted by atomic mass is 9.87. The third-order valence-corrected chi connectivity index (χ3v) is 14.6. The van der Waals surface area contributed by atoms with E-state index in [1.165, 1.54) is 25.7 Å². The molecular formula is C41H57Br2N11O6. The molecule has 6 aliphatic heterocycles. The van der Waals surface area contributed by atoms with Crippen LogP contribution in [0.3, 0.4) is 0 Å². The number of hydrogen-bond acceptors (Lipinski definition) is 12. The summed E-state index contributed by atoms with van der Waals surface area (Å²) in [4.78, 5) is 53.5. The fourth-order valence-corrected chi connectivity index (χ4v) is 11.7. The second kappa shape index (κ2) is 16.3. The molecule has 2 unspecified atom stereocenters. The van der Waals surface area contributed by atoms with Gasteiger partial charge in [-0.15, -0.1) is 0 Å². The zero-order valence-corrected chi connectivity index (χ0v) is 38.6. The molecule has 10 heterocycles. The topological polar surface area (TPSA) is 169 Å². The summed E-state index contributed by atoms with van der Waals surface area (Å²) in [5.74, 6) is 2.10. The minimum Gasteiger partial charge on any atom is -0.444 e. The van der Waals surface area contributed by atoms with Gasteiger partial charge in [0.15, 0.2) is 23.8 Å². The lowest BCUT2D eigenvalue weighted by Gasteiger charge is -2.28. The fourth-order valence-electron chi connectivity index (χ4n) is 10.7. The van der Waals surface area contributed by atoms with Crippen LogP contribution >= 0.6 is 31.9 Å². The minimum absolute atomic E-state index is 0.0386. The van der Waals surface area contributed by atoms with E-state index in [4.69, 9.17) is 24.2 Å². The average Bonchev–Trinajstić information content (AvgIpc) is 4.09. The van der Waals surface area contributed by atoms with E-state index < -0.39 is 11.7 Å². The molecule has 6 fully saturated rings. The van der Waals surface area contributed by atoms with Crippen molar-refractivity contribution in [3.8, 4) is 0 Å². The first-order valence-electron chi connectivity index (χ1n) is 21.8. The summed E-state index contributed by atoms with van der Waals surface area (Å²) in [7, 11) is 3.59. The number of amides is 1. The van der Waals surface area contributed by atoms with Gasteiger partial charge in [-0.3, -0.25) is 18.7 Å². The van der Waals surface area contributed by atoms with Gasteiger partial charge in [0.2, 0.25) is 11.9 Å². The highest BCUT2D eigenvalue weighted by atomic mass is 79.9. The van der Waals surface area contributed by atoms with Crippen molar-refractivity contribution in [1.29, 1.82) is 0 Å². The van der Waals surface area contributed by atoms with Gasteiger partial charge in [0.25, 0.3) is 11.1 Å². The van der Waals surface area contributed by atoms with Gasteiger partial charge in [0.05, 0.1) is 12.1 Å². The maximum atomic E-state index is 13.4. The van der Waals surface area contributed by atoms with E-state index in [0.29, 0.717) is 61.8 Å². The fraction of sp³-hybridized carbons (Fsp3) is 0.732. The van der Waals surface area contributed by atoms with Gasteiger partial charge >= 0.3 is 6.09 Å². The monoisotopic (exact) mass is 957 g/mol. The number of aromatic nitrogens is 8. The van der Waals surface area contributed by atoms with Crippen molar-refractivity contribution in [3.05, 3.63) is 29.9 Å². The Hall–Kier alpha value is -3.55. The average molecular weight is 960 g/mol. The predicted molar refractivity (Wildman–Crippen MR) is 233 cm³/mol. The van der Waals surface area contributed by atoms with Crippen LogP contribution in [-0.2, 0) is 28.3 Å². The number of nitrogens with one attached hydrogen (secondary N) is 1. The van der Waals surface area contributed by atoms with Crippen LogP contribution in [0.15, 0.2) is 18.8 Å². The van der Waals surface area contributed by atoms with Gasteiger partial charge in [0.1, 0.15) is 25.6 Å². The molecule has 4 aromatic heterocycles. The van der Waals surface area contributed by atoms with Crippen molar-refractivity contribution >= 4 is 71.9 Å². The summed E-state index contributed by atoms with van der Waals surface area (Å²) >= 11 is 6.94. The van der Waals surface area contributed by atoms with Crippen LogP contribution < -0.4 is 26.2 Å². The second-order valence-corrected chi connectivity index (χ2v) is 19.9. The summed E-state index contributed by atoms with van der Waals surface area (Å²) in [5.41, 5.74) is 0.446. The first kappa shape index (κ1) is 41.8. The first-order chi connectivity index (χ1) is 28.7. The summed E-state index contributed by atoms with van der Waals surface area (Å²) in [6.45, 7) is 9.24. The molecule has 0 aliphatic carbocycles. The van der Waals surface area contributed by atoms with E-state index in [1.807, 2.05) is 32.5 Å². The smallest absolute Gasteiger partial charge is 0.407 e. The molecule has 19 heteroatoms. The van der Waals surface area contributed by atoms with E-state index in [-0.39, 0.29) is 41.7 Å². The Morgan fingerprint density at radius 2 is 1.25 bits per heavy atom. The first-order valence-corrected chi connectivity index (χ1v) is 23.4. The Morgan fingerprint density at radius 1 is 0.750 bits per heavy atom. The Labute approximate surface area is 365 Å². The molecule has 0 radical (unpaired) electrons. The molecule has 4 bridgehead atoms. The van der Waals surface area contributed by atoms with Gasteiger partial charge in [0, 0.05) is 45.4 Å². The Bertz CT molecular complexity index is 2390. The van der Waals surface area contributed by atoms with E-state index in [0.717, 1.165) is 70.3 Å². The Kier molecular flexibility index (Phi) is 11.3. The summed E-state index contributed by atoms with van der Waals surface area (Å²) in [6.07, 6.45) is 12.8. The van der Waals surface area contributed by atoms with Crippen LogP contribution in [0.4, 0.5) is 16.7 Å². The quantitative estimate of drug-likeness (QED) is 0.221. The molecule has 60 heavy (non-hydrogen) atoms. The van der Waals surface area contributed by atoms with E-state index in [9.17, 15) is 14.4 Å². The van der Waals surface area contributed by atoms with Gasteiger partial charge < -0.3 is 29.3 Å². The van der Waals surface area contributed by atoms with Crippen molar-refractivity contribution in [1.82, 2.24) is 44.0 Å². The van der Waals surface area contributed by atoms with Crippen LogP contribution in [0.25, 0.3) is 22.1 Å². The lowest BCUT2D eigenvalue weighted by molar-refractivity contribution is -0.0373. The van der Waals surface area contributed by atoms with Crippen molar-refractivity contribution in [2.45, 2.75) is 159 Å². The predicted octanol–water partition coefficient (Wildman–Crippen LogP) is 6.58. The highest BCUT2D eigenvalue weighted by molar-refractivity contribution is 9.10. The van der Waals surface area contributed by atoms with Gasteiger partial charge in [-0.05, 0) is 136 Å². The molecule has 0 spiro atoms.